The van der Waals surface area contributed by atoms with Crippen LogP contribution in [0, 0.1) is 0 Å². The van der Waals surface area contributed by atoms with Crippen LogP contribution in [-0.2, 0) is 9.16 Å². The highest BCUT2D eigenvalue weighted by Crippen LogP contribution is 2.23. The molecule has 1 fully saturated rings. The minimum Gasteiger partial charge on any atom is -0.423 e. The van der Waals surface area contributed by atoms with Gasteiger partial charge in [0.2, 0.25) is 0 Å². The molecule has 54 valence electrons. The Morgan fingerprint density at radius 1 is 1.78 bits per heavy atom. The van der Waals surface area contributed by atoms with E-state index in [0.29, 0.717) is 6.10 Å². The first-order valence-corrected chi connectivity index (χ1v) is 4.12. The zero-order valence-corrected chi connectivity index (χ0v) is 8.31. The molecule has 0 bridgehead atoms. The lowest BCUT2D eigenvalue weighted by molar-refractivity contribution is 0.102. The molecule has 0 amide bonds. The molecule has 1 unspecified atom stereocenters. The average molecular weight is 146 g/mol. The van der Waals surface area contributed by atoms with Crippen LogP contribution >= 0.6 is 0 Å². The Labute approximate surface area is 59.1 Å². The summed E-state index contributed by atoms with van der Waals surface area (Å²) in [5.74, 6) is 0. The van der Waals surface area contributed by atoms with Crippen molar-refractivity contribution < 1.29 is 9.16 Å². The third-order valence-corrected chi connectivity index (χ3v) is 2.78. The van der Waals surface area contributed by atoms with E-state index in [1.54, 1.807) is 0 Å². The van der Waals surface area contributed by atoms with Crippen LogP contribution in [0.4, 0.5) is 0 Å². The molecule has 3 heteroatoms. The van der Waals surface area contributed by atoms with E-state index in [-0.39, 0.29) is 5.60 Å². The molecule has 0 aromatic carbocycles. The van der Waals surface area contributed by atoms with Crippen molar-refractivity contribution in [1.82, 2.24) is 0 Å². The number of epoxide rings is 1. The first kappa shape index (κ1) is 7.25. The molecule has 9 heavy (non-hydrogen) atoms. The van der Waals surface area contributed by atoms with Crippen molar-refractivity contribution in [2.45, 2.75) is 32.0 Å². The van der Waals surface area contributed by atoms with Crippen LogP contribution in [0.1, 0.15) is 20.3 Å². The monoisotopic (exact) mass is 146 g/mol. The Morgan fingerprint density at radius 2 is 2.33 bits per heavy atom. The third kappa shape index (κ3) is 2.47. The number of hydrogen-bond acceptors (Lipinski definition) is 2. The van der Waals surface area contributed by atoms with E-state index in [2.05, 4.69) is 13.8 Å². The zero-order valence-electron chi connectivity index (χ0n) is 6.31. The molecule has 1 saturated heterocycles. The highest BCUT2D eigenvalue weighted by molar-refractivity contribution is 5.98. The van der Waals surface area contributed by atoms with E-state index < -0.39 is 0 Å². The maximum absolute atomic E-state index is 5.35. The summed E-state index contributed by atoms with van der Waals surface area (Å²) in [6.45, 7) is 5.16. The second-order valence-electron chi connectivity index (χ2n) is 3.12. The smallest absolute Gasteiger partial charge is 0.146 e. The van der Waals surface area contributed by atoms with Crippen molar-refractivity contribution in [3.05, 3.63) is 0 Å². The van der Waals surface area contributed by atoms with Crippen molar-refractivity contribution >= 4 is 10.5 Å². The summed E-state index contributed by atoms with van der Waals surface area (Å²) in [4.78, 5) is 0. The Bertz CT molecular complexity index is 99.2. The second-order valence-corrected chi connectivity index (χ2v) is 3.53. The fourth-order valence-corrected chi connectivity index (χ4v) is 0.984. The van der Waals surface area contributed by atoms with Crippen LogP contribution in [-0.4, -0.2) is 28.8 Å². The van der Waals surface area contributed by atoms with Crippen LogP contribution in [0.3, 0.4) is 0 Å². The van der Waals surface area contributed by atoms with Crippen molar-refractivity contribution in [3.8, 4) is 0 Å². The maximum atomic E-state index is 5.35. The van der Waals surface area contributed by atoms with E-state index in [1.165, 1.54) is 0 Å². The minimum absolute atomic E-state index is 0.0629. The lowest BCUT2D eigenvalue weighted by atomic mass is 10.0. The van der Waals surface area contributed by atoms with Gasteiger partial charge < -0.3 is 9.16 Å². The summed E-state index contributed by atoms with van der Waals surface area (Å²) < 4.78 is 10.4. The van der Waals surface area contributed by atoms with Crippen molar-refractivity contribution in [2.24, 2.45) is 0 Å². The fourth-order valence-electron chi connectivity index (χ4n) is 0.818. The van der Waals surface area contributed by atoms with E-state index in [0.717, 1.165) is 23.5 Å². The molecule has 1 aliphatic heterocycles. The van der Waals surface area contributed by atoms with Gasteiger partial charge in [-0.25, -0.2) is 0 Å². The van der Waals surface area contributed by atoms with Gasteiger partial charge in [-0.05, 0) is 13.8 Å². The number of rotatable bonds is 3. The van der Waals surface area contributed by atoms with Gasteiger partial charge in [-0.2, -0.15) is 0 Å². The largest absolute Gasteiger partial charge is 0.423 e. The molecule has 0 aliphatic carbocycles. The molecule has 1 atom stereocenters. The first-order chi connectivity index (χ1) is 4.14. The van der Waals surface area contributed by atoms with Crippen LogP contribution in [0.15, 0.2) is 0 Å². The fraction of sp³-hybridized carbons (Fsp3) is 1.00. The molecule has 0 saturated carbocycles. The zero-order chi connectivity index (χ0) is 6.91. The first-order valence-electron chi connectivity index (χ1n) is 3.31. The Hall–Kier alpha value is 0.137. The molecule has 0 N–H and O–H groups in total. The highest BCUT2D eigenvalue weighted by Gasteiger charge is 2.30. The lowest BCUT2D eigenvalue weighted by Gasteiger charge is -2.22. The standard InChI is InChI=1S/C6H14O2Si/c1-6(2,8-9)3-5-4-7-5/h5H,3-4H2,1-2,9H3. The molecular formula is C6H14O2Si. The number of ether oxygens (including phenoxy) is 1. The Morgan fingerprint density at radius 3 is 2.67 bits per heavy atom. The van der Waals surface area contributed by atoms with Gasteiger partial charge in [0.15, 0.2) is 0 Å². The predicted octanol–water partition coefficient (Wildman–Crippen LogP) is -0.149. The van der Waals surface area contributed by atoms with Gasteiger partial charge >= 0.3 is 0 Å². The summed E-state index contributed by atoms with van der Waals surface area (Å²) in [5.41, 5.74) is 0.0629. The summed E-state index contributed by atoms with van der Waals surface area (Å²) in [6.07, 6.45) is 1.55. The highest BCUT2D eigenvalue weighted by atomic mass is 28.2. The summed E-state index contributed by atoms with van der Waals surface area (Å²) in [5, 5.41) is 0. The van der Waals surface area contributed by atoms with Gasteiger partial charge in [0.25, 0.3) is 0 Å². The normalized spacial score (nSPS) is 26.7. The molecule has 0 aromatic rings. The van der Waals surface area contributed by atoms with E-state index in [4.69, 9.17) is 9.16 Å². The average Bonchev–Trinajstić information content (AvgIpc) is 2.50. The molecule has 0 aromatic heterocycles. The third-order valence-electron chi connectivity index (χ3n) is 1.67. The summed E-state index contributed by atoms with van der Waals surface area (Å²) >= 11 is 0. The minimum atomic E-state index is 0.0629. The maximum Gasteiger partial charge on any atom is 0.146 e. The number of hydrogen-bond donors (Lipinski definition) is 0. The van der Waals surface area contributed by atoms with E-state index in [1.807, 2.05) is 0 Å². The van der Waals surface area contributed by atoms with Crippen LogP contribution in [0.25, 0.3) is 0 Å². The van der Waals surface area contributed by atoms with Crippen molar-refractivity contribution in [2.75, 3.05) is 6.61 Å². The predicted molar refractivity (Wildman–Crippen MR) is 39.5 cm³/mol. The van der Waals surface area contributed by atoms with Crippen LogP contribution in [0.5, 0.6) is 0 Å². The molecule has 1 aliphatic rings. The molecule has 2 nitrogen and oxygen atoms in total. The van der Waals surface area contributed by atoms with Gasteiger partial charge in [-0.3, -0.25) is 0 Å². The molecule has 1 rings (SSSR count). The lowest BCUT2D eigenvalue weighted by Crippen LogP contribution is -2.25. The molecule has 1 heterocycles. The van der Waals surface area contributed by atoms with Crippen molar-refractivity contribution in [1.29, 1.82) is 0 Å². The van der Waals surface area contributed by atoms with Gasteiger partial charge in [-0.1, -0.05) is 0 Å². The second kappa shape index (κ2) is 2.40. The van der Waals surface area contributed by atoms with E-state index in [9.17, 15) is 0 Å². The topological polar surface area (TPSA) is 21.8 Å². The van der Waals surface area contributed by atoms with E-state index >= 15 is 0 Å². The van der Waals surface area contributed by atoms with Crippen LogP contribution in [0.2, 0.25) is 0 Å². The quantitative estimate of drug-likeness (QED) is 0.408. The summed E-state index contributed by atoms with van der Waals surface area (Å²) in [7, 11) is 0.825. The molecule has 0 radical (unpaired) electrons. The van der Waals surface area contributed by atoms with Gasteiger partial charge in [-0.15, -0.1) is 0 Å². The Kier molecular flexibility index (Phi) is 1.93. The van der Waals surface area contributed by atoms with Gasteiger partial charge in [0, 0.05) is 6.42 Å². The SMILES string of the molecule is CC(C)(CC1CO1)O[SiH3]. The van der Waals surface area contributed by atoms with Gasteiger partial charge in [0.1, 0.15) is 10.5 Å². The van der Waals surface area contributed by atoms with Crippen LogP contribution < -0.4 is 0 Å². The molecule has 0 spiro atoms. The van der Waals surface area contributed by atoms with Crippen molar-refractivity contribution in [3.63, 3.8) is 0 Å². The van der Waals surface area contributed by atoms with Gasteiger partial charge in [0.05, 0.1) is 18.3 Å². The Balaban J connectivity index is 2.21. The summed E-state index contributed by atoms with van der Waals surface area (Å²) in [6, 6.07) is 0. The molecular weight excluding hydrogens is 132 g/mol.